The molecule has 0 amide bonds. The van der Waals surface area contributed by atoms with E-state index >= 15 is 0 Å². The standard InChI is InChI=1S/C15H21BrF2N2O/c1-3-6-20-7-8-21-12(9-20)15(19-2)13-11(17)5-4-10(16)14(13)18/h4-5,12,15,19H,3,6-9H2,1-2H3. The number of benzene rings is 1. The van der Waals surface area contributed by atoms with E-state index in [-0.39, 0.29) is 16.1 Å². The molecule has 0 aromatic heterocycles. The Morgan fingerprint density at radius 2 is 2.24 bits per heavy atom. The van der Waals surface area contributed by atoms with Crippen molar-refractivity contribution in [2.75, 3.05) is 33.3 Å². The molecule has 0 bridgehead atoms. The molecule has 0 radical (unpaired) electrons. The molecular weight excluding hydrogens is 342 g/mol. The molecule has 1 aromatic carbocycles. The van der Waals surface area contributed by atoms with Gasteiger partial charge in [-0.25, -0.2) is 8.78 Å². The van der Waals surface area contributed by atoms with Gasteiger partial charge in [-0.2, -0.15) is 0 Å². The molecule has 1 aromatic rings. The molecule has 1 aliphatic heterocycles. The molecule has 3 nitrogen and oxygen atoms in total. The maximum Gasteiger partial charge on any atom is 0.145 e. The van der Waals surface area contributed by atoms with Gasteiger partial charge >= 0.3 is 0 Å². The number of morpholine rings is 1. The Kier molecular flexibility index (Phi) is 6.10. The van der Waals surface area contributed by atoms with Crippen molar-refractivity contribution in [1.29, 1.82) is 0 Å². The lowest BCUT2D eigenvalue weighted by molar-refractivity contribution is -0.0469. The van der Waals surface area contributed by atoms with E-state index in [0.717, 1.165) is 19.5 Å². The Morgan fingerprint density at radius 3 is 2.90 bits per heavy atom. The van der Waals surface area contributed by atoms with Gasteiger partial charge in [0.05, 0.1) is 23.2 Å². The SMILES string of the molecule is CCCN1CCOC(C(NC)c2c(F)ccc(Br)c2F)C1. The van der Waals surface area contributed by atoms with Crippen LogP contribution in [0.2, 0.25) is 0 Å². The van der Waals surface area contributed by atoms with Gasteiger partial charge < -0.3 is 10.1 Å². The smallest absolute Gasteiger partial charge is 0.145 e. The first-order chi connectivity index (χ1) is 10.1. The first-order valence-electron chi connectivity index (χ1n) is 7.23. The lowest BCUT2D eigenvalue weighted by atomic mass is 9.98. The van der Waals surface area contributed by atoms with Gasteiger partial charge in [0.1, 0.15) is 11.6 Å². The number of hydrogen-bond donors (Lipinski definition) is 1. The highest BCUT2D eigenvalue weighted by Gasteiger charge is 2.32. The molecule has 2 atom stereocenters. The summed E-state index contributed by atoms with van der Waals surface area (Å²) in [7, 11) is 1.70. The van der Waals surface area contributed by atoms with Crippen LogP contribution in [0.3, 0.4) is 0 Å². The van der Waals surface area contributed by atoms with Crippen LogP contribution in [0.15, 0.2) is 16.6 Å². The number of nitrogens with one attached hydrogen (secondary N) is 1. The van der Waals surface area contributed by atoms with Crippen molar-refractivity contribution in [3.05, 3.63) is 33.8 Å². The minimum absolute atomic E-state index is 0.0372. The fourth-order valence-corrected chi connectivity index (χ4v) is 3.14. The van der Waals surface area contributed by atoms with Crippen LogP contribution in [0.4, 0.5) is 8.78 Å². The molecule has 2 unspecified atom stereocenters. The second-order valence-corrected chi connectivity index (χ2v) is 6.09. The zero-order valence-electron chi connectivity index (χ0n) is 12.3. The summed E-state index contributed by atoms with van der Waals surface area (Å²) < 4.78 is 34.4. The van der Waals surface area contributed by atoms with Crippen molar-refractivity contribution in [3.8, 4) is 0 Å². The number of ether oxygens (including phenoxy) is 1. The zero-order chi connectivity index (χ0) is 15.4. The molecule has 1 heterocycles. The van der Waals surface area contributed by atoms with Gasteiger partial charge in [-0.15, -0.1) is 0 Å². The fourth-order valence-electron chi connectivity index (χ4n) is 2.80. The second-order valence-electron chi connectivity index (χ2n) is 5.23. The third-order valence-electron chi connectivity index (χ3n) is 3.79. The lowest BCUT2D eigenvalue weighted by Crippen LogP contribution is -2.48. The van der Waals surface area contributed by atoms with Crippen LogP contribution < -0.4 is 5.32 Å². The summed E-state index contributed by atoms with van der Waals surface area (Å²) in [5, 5.41) is 3.01. The summed E-state index contributed by atoms with van der Waals surface area (Å²) in [5.41, 5.74) is 0.0372. The Morgan fingerprint density at radius 1 is 1.48 bits per heavy atom. The van der Waals surface area contributed by atoms with Crippen molar-refractivity contribution in [2.24, 2.45) is 0 Å². The number of halogens is 3. The fraction of sp³-hybridized carbons (Fsp3) is 0.600. The molecule has 2 rings (SSSR count). The first kappa shape index (κ1) is 16.8. The predicted octanol–water partition coefficient (Wildman–Crippen LogP) is 3.10. The van der Waals surface area contributed by atoms with Crippen molar-refractivity contribution in [2.45, 2.75) is 25.5 Å². The molecule has 118 valence electrons. The maximum atomic E-state index is 14.3. The van der Waals surface area contributed by atoms with E-state index < -0.39 is 17.7 Å². The van der Waals surface area contributed by atoms with Crippen LogP contribution >= 0.6 is 15.9 Å². The maximum absolute atomic E-state index is 14.3. The zero-order valence-corrected chi connectivity index (χ0v) is 13.9. The normalized spacial score (nSPS) is 21.5. The molecule has 1 fully saturated rings. The first-order valence-corrected chi connectivity index (χ1v) is 8.02. The highest BCUT2D eigenvalue weighted by atomic mass is 79.9. The van der Waals surface area contributed by atoms with E-state index in [1.165, 1.54) is 12.1 Å². The molecule has 1 aliphatic rings. The largest absolute Gasteiger partial charge is 0.374 e. The Labute approximate surface area is 132 Å². The minimum atomic E-state index is -0.564. The molecule has 1 saturated heterocycles. The van der Waals surface area contributed by atoms with Crippen LogP contribution in [-0.2, 0) is 4.74 Å². The number of likely N-dealkylation sites (N-methyl/N-ethyl adjacent to an activating group) is 1. The quantitative estimate of drug-likeness (QED) is 0.814. The van der Waals surface area contributed by atoms with Gasteiger partial charge in [0, 0.05) is 18.7 Å². The number of rotatable bonds is 5. The van der Waals surface area contributed by atoms with Gasteiger partial charge in [-0.1, -0.05) is 6.92 Å². The highest BCUT2D eigenvalue weighted by Crippen LogP contribution is 2.30. The molecule has 6 heteroatoms. The van der Waals surface area contributed by atoms with Crippen molar-refractivity contribution in [3.63, 3.8) is 0 Å². The third kappa shape index (κ3) is 3.80. The summed E-state index contributed by atoms with van der Waals surface area (Å²) in [6.45, 7) is 5.21. The monoisotopic (exact) mass is 362 g/mol. The van der Waals surface area contributed by atoms with E-state index in [4.69, 9.17) is 4.74 Å². The van der Waals surface area contributed by atoms with E-state index in [0.29, 0.717) is 13.2 Å². The van der Waals surface area contributed by atoms with Crippen LogP contribution in [0, 0.1) is 11.6 Å². The van der Waals surface area contributed by atoms with Gasteiger partial charge in [-0.05, 0) is 48.1 Å². The number of hydrogen-bond acceptors (Lipinski definition) is 3. The summed E-state index contributed by atoms with van der Waals surface area (Å²) in [4.78, 5) is 2.27. The van der Waals surface area contributed by atoms with E-state index in [9.17, 15) is 8.78 Å². The molecule has 21 heavy (non-hydrogen) atoms. The van der Waals surface area contributed by atoms with E-state index in [1.807, 2.05) is 0 Å². The van der Waals surface area contributed by atoms with Crippen LogP contribution in [0.25, 0.3) is 0 Å². The van der Waals surface area contributed by atoms with Crippen molar-refractivity contribution in [1.82, 2.24) is 10.2 Å². The molecule has 0 spiro atoms. The van der Waals surface area contributed by atoms with Gasteiger partial charge in [-0.3, -0.25) is 4.90 Å². The van der Waals surface area contributed by atoms with Gasteiger partial charge in [0.15, 0.2) is 0 Å². The lowest BCUT2D eigenvalue weighted by Gasteiger charge is -2.37. The van der Waals surface area contributed by atoms with E-state index in [2.05, 4.69) is 33.1 Å². The summed E-state index contributed by atoms with van der Waals surface area (Å²) in [5.74, 6) is -1.11. The van der Waals surface area contributed by atoms with Crippen LogP contribution in [-0.4, -0.2) is 44.3 Å². The van der Waals surface area contributed by atoms with Gasteiger partial charge in [0.25, 0.3) is 0 Å². The molecule has 0 aliphatic carbocycles. The second kappa shape index (κ2) is 7.63. The van der Waals surface area contributed by atoms with E-state index in [1.54, 1.807) is 7.05 Å². The Hall–Kier alpha value is -0.560. The van der Waals surface area contributed by atoms with Crippen molar-refractivity contribution >= 4 is 15.9 Å². The van der Waals surface area contributed by atoms with Crippen LogP contribution in [0.5, 0.6) is 0 Å². The summed E-state index contributed by atoms with van der Waals surface area (Å²) in [6, 6.07) is 2.15. The summed E-state index contributed by atoms with van der Waals surface area (Å²) >= 11 is 3.12. The molecule has 1 N–H and O–H groups in total. The number of nitrogens with zero attached hydrogens (tertiary/aromatic N) is 1. The Balaban J connectivity index is 2.25. The Bertz CT molecular complexity index is 485. The predicted molar refractivity (Wildman–Crippen MR) is 82.3 cm³/mol. The topological polar surface area (TPSA) is 24.5 Å². The average molecular weight is 363 g/mol. The van der Waals surface area contributed by atoms with Crippen LogP contribution in [0.1, 0.15) is 24.9 Å². The average Bonchev–Trinajstić information content (AvgIpc) is 2.48. The third-order valence-corrected chi connectivity index (χ3v) is 4.40. The highest BCUT2D eigenvalue weighted by molar-refractivity contribution is 9.10. The molecular formula is C15H21BrF2N2O. The minimum Gasteiger partial charge on any atom is -0.374 e. The summed E-state index contributed by atoms with van der Waals surface area (Å²) in [6.07, 6.45) is 0.782. The van der Waals surface area contributed by atoms with Gasteiger partial charge in [0.2, 0.25) is 0 Å². The van der Waals surface area contributed by atoms with Crippen molar-refractivity contribution < 1.29 is 13.5 Å². The molecule has 0 saturated carbocycles.